The van der Waals surface area contributed by atoms with E-state index in [1.807, 2.05) is 13.0 Å². The van der Waals surface area contributed by atoms with Crippen molar-refractivity contribution in [1.29, 1.82) is 0 Å². The number of morpholine rings is 1. The maximum atomic E-state index is 13.9. The molecule has 2 atom stereocenters. The van der Waals surface area contributed by atoms with Crippen LogP contribution in [0.4, 0.5) is 10.1 Å². The van der Waals surface area contributed by atoms with Crippen molar-refractivity contribution in [1.82, 2.24) is 0 Å². The molecule has 2 rings (SSSR count). The first-order valence-corrected chi connectivity index (χ1v) is 6.54. The minimum Gasteiger partial charge on any atom is -0.375 e. The lowest BCUT2D eigenvalue weighted by atomic mass is 10.0. The lowest BCUT2D eigenvalue weighted by molar-refractivity contribution is 0.0383. The highest BCUT2D eigenvalue weighted by Gasteiger charge is 2.23. The van der Waals surface area contributed by atoms with Crippen LogP contribution in [0.1, 0.15) is 31.9 Å². The van der Waals surface area contributed by atoms with Crippen LogP contribution in [0.2, 0.25) is 0 Å². The fourth-order valence-corrected chi connectivity index (χ4v) is 2.44. The third kappa shape index (κ3) is 2.65. The highest BCUT2D eigenvalue weighted by molar-refractivity contribution is 5.55. The van der Waals surface area contributed by atoms with E-state index in [0.29, 0.717) is 12.2 Å². The maximum absolute atomic E-state index is 13.9. The predicted molar refractivity (Wildman–Crippen MR) is 71.2 cm³/mol. The fraction of sp³-hybridized carbons (Fsp3) is 0.571. The zero-order valence-electron chi connectivity index (χ0n) is 11.0. The number of halogens is 1. The number of anilines is 1. The molecule has 100 valence electrons. The van der Waals surface area contributed by atoms with Crippen molar-refractivity contribution in [2.45, 2.75) is 32.4 Å². The van der Waals surface area contributed by atoms with Crippen LogP contribution in [0.3, 0.4) is 0 Å². The Morgan fingerprint density at radius 1 is 1.56 bits per heavy atom. The van der Waals surface area contributed by atoms with E-state index < -0.39 is 0 Å². The van der Waals surface area contributed by atoms with Crippen molar-refractivity contribution in [3.63, 3.8) is 0 Å². The van der Waals surface area contributed by atoms with Crippen LogP contribution in [-0.4, -0.2) is 25.8 Å². The molecule has 1 aliphatic rings. The average molecular weight is 252 g/mol. The first-order valence-electron chi connectivity index (χ1n) is 6.54. The number of hydrogen-bond acceptors (Lipinski definition) is 3. The molecule has 0 saturated carbocycles. The molecule has 0 bridgehead atoms. The van der Waals surface area contributed by atoms with Crippen molar-refractivity contribution in [3.8, 4) is 0 Å². The number of nitrogens with zero attached hydrogens (tertiary/aromatic N) is 1. The van der Waals surface area contributed by atoms with Crippen molar-refractivity contribution < 1.29 is 9.13 Å². The normalized spacial score (nSPS) is 22.0. The van der Waals surface area contributed by atoms with Gasteiger partial charge in [-0.1, -0.05) is 13.0 Å². The molecule has 1 aromatic carbocycles. The van der Waals surface area contributed by atoms with Gasteiger partial charge >= 0.3 is 0 Å². The molecule has 1 fully saturated rings. The Bertz CT molecular complexity index is 409. The molecule has 3 nitrogen and oxygen atoms in total. The van der Waals surface area contributed by atoms with Gasteiger partial charge in [0, 0.05) is 30.4 Å². The van der Waals surface area contributed by atoms with Gasteiger partial charge in [-0.15, -0.1) is 0 Å². The topological polar surface area (TPSA) is 38.5 Å². The second-order valence-electron chi connectivity index (χ2n) is 4.81. The Balaban J connectivity index is 2.29. The van der Waals surface area contributed by atoms with Crippen LogP contribution in [0.15, 0.2) is 18.2 Å². The molecule has 0 radical (unpaired) electrons. The summed E-state index contributed by atoms with van der Waals surface area (Å²) in [4.78, 5) is 2.18. The van der Waals surface area contributed by atoms with E-state index in [9.17, 15) is 4.39 Å². The van der Waals surface area contributed by atoms with Gasteiger partial charge in [0.1, 0.15) is 5.82 Å². The molecule has 1 heterocycles. The number of rotatable bonds is 3. The van der Waals surface area contributed by atoms with Crippen LogP contribution < -0.4 is 10.6 Å². The van der Waals surface area contributed by atoms with Gasteiger partial charge in [-0.25, -0.2) is 4.39 Å². The molecular weight excluding hydrogens is 231 g/mol. The third-order valence-corrected chi connectivity index (χ3v) is 3.42. The minimum absolute atomic E-state index is 0.220. The summed E-state index contributed by atoms with van der Waals surface area (Å²) in [5.74, 6) is -0.220. The molecule has 0 spiro atoms. The van der Waals surface area contributed by atoms with Crippen molar-refractivity contribution in [2.75, 3.05) is 24.6 Å². The SMILES string of the molecule is CCC1CN(c2cccc(F)c2[C@@H](C)N)CCO1. The van der Waals surface area contributed by atoms with Crippen LogP contribution in [-0.2, 0) is 4.74 Å². The molecule has 0 amide bonds. The van der Waals surface area contributed by atoms with E-state index in [0.717, 1.165) is 25.2 Å². The molecule has 4 heteroatoms. The van der Waals surface area contributed by atoms with Gasteiger partial charge in [-0.3, -0.25) is 0 Å². The number of nitrogens with two attached hydrogens (primary N) is 1. The fourth-order valence-electron chi connectivity index (χ4n) is 2.44. The molecular formula is C14H21FN2O. The second kappa shape index (κ2) is 5.67. The summed E-state index contributed by atoms with van der Waals surface area (Å²) in [5.41, 5.74) is 7.41. The second-order valence-corrected chi connectivity index (χ2v) is 4.81. The highest BCUT2D eigenvalue weighted by atomic mass is 19.1. The molecule has 1 aromatic rings. The van der Waals surface area contributed by atoms with E-state index in [1.54, 1.807) is 6.07 Å². The molecule has 1 saturated heterocycles. The van der Waals surface area contributed by atoms with E-state index >= 15 is 0 Å². The Morgan fingerprint density at radius 2 is 2.33 bits per heavy atom. The van der Waals surface area contributed by atoms with E-state index in [-0.39, 0.29) is 18.0 Å². The van der Waals surface area contributed by atoms with Crippen molar-refractivity contribution >= 4 is 5.69 Å². The summed E-state index contributed by atoms with van der Waals surface area (Å²) < 4.78 is 19.5. The molecule has 0 aromatic heterocycles. The van der Waals surface area contributed by atoms with Gasteiger partial charge < -0.3 is 15.4 Å². The van der Waals surface area contributed by atoms with Crippen LogP contribution in [0, 0.1) is 5.82 Å². The monoisotopic (exact) mass is 252 g/mol. The Morgan fingerprint density at radius 3 is 3.00 bits per heavy atom. The maximum Gasteiger partial charge on any atom is 0.130 e. The van der Waals surface area contributed by atoms with E-state index in [4.69, 9.17) is 10.5 Å². The smallest absolute Gasteiger partial charge is 0.130 e. The standard InChI is InChI=1S/C14H21FN2O/c1-3-11-9-17(7-8-18-11)13-6-4-5-12(15)14(13)10(2)16/h4-6,10-11H,3,7-9,16H2,1-2H3/t10-,11?/m1/s1. The summed E-state index contributed by atoms with van der Waals surface area (Å²) in [6.07, 6.45) is 1.20. The minimum atomic E-state index is -0.302. The van der Waals surface area contributed by atoms with Crippen LogP contribution >= 0.6 is 0 Å². The van der Waals surface area contributed by atoms with Crippen LogP contribution in [0.5, 0.6) is 0 Å². The predicted octanol–water partition coefficient (Wildman–Crippen LogP) is 2.46. The lowest BCUT2D eigenvalue weighted by Crippen LogP contribution is -2.43. The number of benzene rings is 1. The Hall–Kier alpha value is -1.13. The molecule has 1 aliphatic heterocycles. The van der Waals surface area contributed by atoms with Gasteiger partial charge in [-0.05, 0) is 25.5 Å². The Kier molecular flexibility index (Phi) is 4.19. The van der Waals surface area contributed by atoms with Gasteiger partial charge in [0.15, 0.2) is 0 Å². The highest BCUT2D eigenvalue weighted by Crippen LogP contribution is 2.29. The zero-order valence-corrected chi connectivity index (χ0v) is 11.0. The van der Waals surface area contributed by atoms with Gasteiger partial charge in [0.25, 0.3) is 0 Å². The molecule has 1 unspecified atom stereocenters. The summed E-state index contributed by atoms with van der Waals surface area (Å²) >= 11 is 0. The first kappa shape index (κ1) is 13.3. The quantitative estimate of drug-likeness (QED) is 0.898. The largest absolute Gasteiger partial charge is 0.375 e. The molecule has 2 N–H and O–H groups in total. The van der Waals surface area contributed by atoms with E-state index in [1.165, 1.54) is 6.07 Å². The van der Waals surface area contributed by atoms with Crippen LogP contribution in [0.25, 0.3) is 0 Å². The summed E-state index contributed by atoms with van der Waals surface area (Å²) in [6.45, 7) is 6.21. The van der Waals surface area contributed by atoms with Gasteiger partial charge in [0.05, 0.1) is 12.7 Å². The Labute approximate surface area is 108 Å². The first-order chi connectivity index (χ1) is 8.63. The molecule has 0 aliphatic carbocycles. The lowest BCUT2D eigenvalue weighted by Gasteiger charge is -2.35. The van der Waals surface area contributed by atoms with Gasteiger partial charge in [-0.2, -0.15) is 0 Å². The summed E-state index contributed by atoms with van der Waals surface area (Å²) in [5, 5.41) is 0. The van der Waals surface area contributed by atoms with Gasteiger partial charge in [0.2, 0.25) is 0 Å². The zero-order chi connectivity index (χ0) is 13.1. The number of ether oxygens (including phenoxy) is 1. The molecule has 18 heavy (non-hydrogen) atoms. The summed E-state index contributed by atoms with van der Waals surface area (Å²) in [6, 6.07) is 4.86. The van der Waals surface area contributed by atoms with E-state index in [2.05, 4.69) is 11.8 Å². The average Bonchev–Trinajstić information content (AvgIpc) is 2.38. The third-order valence-electron chi connectivity index (χ3n) is 3.42. The number of hydrogen-bond donors (Lipinski definition) is 1. The summed E-state index contributed by atoms with van der Waals surface area (Å²) in [7, 11) is 0. The van der Waals surface area contributed by atoms with Crippen molar-refractivity contribution in [2.24, 2.45) is 5.73 Å². The van der Waals surface area contributed by atoms with Crippen molar-refractivity contribution in [3.05, 3.63) is 29.6 Å².